The molecule has 0 unspecified atom stereocenters. The molecule has 3 aromatic carbocycles. The highest BCUT2D eigenvalue weighted by Gasteiger charge is 2.00. The van der Waals surface area contributed by atoms with Gasteiger partial charge in [0.1, 0.15) is 7.85 Å². The van der Waals surface area contributed by atoms with E-state index in [0.717, 1.165) is 10.8 Å². The molecule has 0 aliphatic carbocycles. The van der Waals surface area contributed by atoms with Gasteiger partial charge in [0.15, 0.2) is 0 Å². The van der Waals surface area contributed by atoms with Crippen LogP contribution in [0.25, 0.3) is 21.5 Å². The van der Waals surface area contributed by atoms with Gasteiger partial charge in [-0.05, 0) is 21.5 Å². The van der Waals surface area contributed by atoms with Crippen molar-refractivity contribution in [2.45, 2.75) is 0 Å². The van der Waals surface area contributed by atoms with Gasteiger partial charge < -0.3 is 0 Å². The average molecular weight is 188 g/mol. The lowest BCUT2D eigenvalue weighted by atomic mass is 9.87. The Balaban J connectivity index is 2.64. The number of benzene rings is 3. The Bertz CT molecular complexity index is 641. The minimum atomic E-state index is 0.851. The molecule has 0 amide bonds. The third-order valence-electron chi connectivity index (χ3n) is 2.80. The summed E-state index contributed by atoms with van der Waals surface area (Å²) in [4.78, 5) is 0. The standard InChI is InChI=1S/C14H9B/c15-13-7-3-5-11-9-8-10-4-1-2-6-12(10)14(11)13/h1-9H. The molecule has 3 aromatic rings. The molecule has 0 aromatic heterocycles. The summed E-state index contributed by atoms with van der Waals surface area (Å²) in [7, 11) is 6.02. The number of rotatable bonds is 0. The SMILES string of the molecule is [B]c1cccc2ccc3ccccc3c12. The predicted molar refractivity (Wildman–Crippen MR) is 66.8 cm³/mol. The smallest absolute Gasteiger partial charge is 0.0884 e. The molecule has 15 heavy (non-hydrogen) atoms. The lowest BCUT2D eigenvalue weighted by molar-refractivity contribution is 1.79. The molecule has 0 saturated carbocycles. The zero-order chi connectivity index (χ0) is 10.3. The zero-order valence-electron chi connectivity index (χ0n) is 8.27. The highest BCUT2D eigenvalue weighted by atomic mass is 14.0. The fraction of sp³-hybridized carbons (Fsp3) is 0. The van der Waals surface area contributed by atoms with E-state index in [1.807, 2.05) is 24.3 Å². The molecular weight excluding hydrogens is 179 g/mol. The largest absolute Gasteiger partial charge is 0.114 e. The first-order chi connectivity index (χ1) is 7.36. The molecule has 2 radical (unpaired) electrons. The van der Waals surface area contributed by atoms with Gasteiger partial charge in [-0.2, -0.15) is 0 Å². The van der Waals surface area contributed by atoms with E-state index in [1.165, 1.54) is 16.2 Å². The molecule has 0 aliphatic rings. The van der Waals surface area contributed by atoms with Gasteiger partial charge in [0.2, 0.25) is 0 Å². The van der Waals surface area contributed by atoms with Crippen molar-refractivity contribution in [1.29, 1.82) is 0 Å². The second-order valence-electron chi connectivity index (χ2n) is 3.73. The molecule has 68 valence electrons. The molecular formula is C14H9B. The molecule has 0 nitrogen and oxygen atoms in total. The van der Waals surface area contributed by atoms with Gasteiger partial charge in [-0.3, -0.25) is 0 Å². The molecule has 3 rings (SSSR count). The molecule has 0 heterocycles. The van der Waals surface area contributed by atoms with Crippen molar-refractivity contribution in [2.75, 3.05) is 0 Å². The van der Waals surface area contributed by atoms with Gasteiger partial charge in [-0.1, -0.05) is 60.1 Å². The molecule has 0 aliphatic heterocycles. The van der Waals surface area contributed by atoms with Crippen LogP contribution in [0.4, 0.5) is 0 Å². The fourth-order valence-corrected chi connectivity index (χ4v) is 2.09. The first kappa shape index (κ1) is 8.54. The van der Waals surface area contributed by atoms with Crippen molar-refractivity contribution in [3.8, 4) is 0 Å². The Morgan fingerprint density at radius 2 is 1.40 bits per heavy atom. The van der Waals surface area contributed by atoms with E-state index in [4.69, 9.17) is 7.85 Å². The summed E-state index contributed by atoms with van der Waals surface area (Å²) in [5, 5.41) is 4.83. The lowest BCUT2D eigenvalue weighted by Crippen LogP contribution is -2.02. The van der Waals surface area contributed by atoms with Crippen LogP contribution in [-0.4, -0.2) is 7.85 Å². The molecule has 0 atom stereocenters. The summed E-state index contributed by atoms with van der Waals surface area (Å²) in [6.45, 7) is 0. The monoisotopic (exact) mass is 188 g/mol. The Morgan fingerprint density at radius 3 is 2.33 bits per heavy atom. The Morgan fingerprint density at radius 1 is 0.667 bits per heavy atom. The molecule has 1 heteroatoms. The summed E-state index contributed by atoms with van der Waals surface area (Å²) in [5.41, 5.74) is 0.851. The average Bonchev–Trinajstić information content (AvgIpc) is 2.29. The molecule has 0 fully saturated rings. The van der Waals surface area contributed by atoms with E-state index in [9.17, 15) is 0 Å². The predicted octanol–water partition coefficient (Wildman–Crippen LogP) is 2.79. The van der Waals surface area contributed by atoms with Crippen LogP contribution in [0.15, 0.2) is 54.6 Å². The zero-order valence-corrected chi connectivity index (χ0v) is 8.27. The van der Waals surface area contributed by atoms with Crippen molar-refractivity contribution in [2.24, 2.45) is 0 Å². The highest BCUT2D eigenvalue weighted by molar-refractivity contribution is 6.41. The lowest BCUT2D eigenvalue weighted by Gasteiger charge is -2.06. The first-order valence-electron chi connectivity index (χ1n) is 5.02. The molecule has 0 bridgehead atoms. The van der Waals surface area contributed by atoms with Gasteiger partial charge in [0, 0.05) is 0 Å². The first-order valence-corrected chi connectivity index (χ1v) is 5.02. The van der Waals surface area contributed by atoms with Crippen molar-refractivity contribution < 1.29 is 0 Å². The molecule has 0 spiro atoms. The summed E-state index contributed by atoms with van der Waals surface area (Å²) in [6, 6.07) is 18.6. The van der Waals surface area contributed by atoms with Crippen LogP contribution in [0.3, 0.4) is 0 Å². The van der Waals surface area contributed by atoms with Crippen molar-refractivity contribution in [1.82, 2.24) is 0 Å². The number of hydrogen-bond donors (Lipinski definition) is 0. The van der Waals surface area contributed by atoms with E-state index in [-0.39, 0.29) is 0 Å². The van der Waals surface area contributed by atoms with Crippen molar-refractivity contribution >= 4 is 34.9 Å². The molecule has 0 saturated heterocycles. The second-order valence-corrected chi connectivity index (χ2v) is 3.73. The van der Waals surface area contributed by atoms with E-state index in [2.05, 4.69) is 30.3 Å². The van der Waals surface area contributed by atoms with Gasteiger partial charge in [-0.15, -0.1) is 0 Å². The minimum Gasteiger partial charge on any atom is -0.0884 e. The molecule has 0 N–H and O–H groups in total. The normalized spacial score (nSPS) is 10.9. The Labute approximate surface area is 89.9 Å². The fourth-order valence-electron chi connectivity index (χ4n) is 2.09. The van der Waals surface area contributed by atoms with Crippen LogP contribution in [-0.2, 0) is 0 Å². The van der Waals surface area contributed by atoms with E-state index in [1.54, 1.807) is 0 Å². The van der Waals surface area contributed by atoms with Crippen LogP contribution >= 0.6 is 0 Å². The van der Waals surface area contributed by atoms with Crippen LogP contribution in [0, 0.1) is 0 Å². The maximum atomic E-state index is 6.02. The van der Waals surface area contributed by atoms with Crippen molar-refractivity contribution in [3.05, 3.63) is 54.6 Å². The third kappa shape index (κ3) is 1.24. The maximum Gasteiger partial charge on any atom is 0.114 e. The van der Waals surface area contributed by atoms with E-state index in [0.29, 0.717) is 0 Å². The van der Waals surface area contributed by atoms with Crippen LogP contribution in [0.1, 0.15) is 0 Å². The van der Waals surface area contributed by atoms with Gasteiger partial charge in [0.05, 0.1) is 0 Å². The summed E-state index contributed by atoms with van der Waals surface area (Å²) in [6.07, 6.45) is 0. The number of fused-ring (bicyclic) bond motifs is 3. The second kappa shape index (κ2) is 3.13. The van der Waals surface area contributed by atoms with Gasteiger partial charge in [0.25, 0.3) is 0 Å². The van der Waals surface area contributed by atoms with Crippen LogP contribution in [0.2, 0.25) is 0 Å². The van der Waals surface area contributed by atoms with Crippen LogP contribution in [0.5, 0.6) is 0 Å². The van der Waals surface area contributed by atoms with Crippen molar-refractivity contribution in [3.63, 3.8) is 0 Å². The summed E-state index contributed by atoms with van der Waals surface area (Å²) < 4.78 is 0. The summed E-state index contributed by atoms with van der Waals surface area (Å²) in [5.74, 6) is 0. The summed E-state index contributed by atoms with van der Waals surface area (Å²) >= 11 is 0. The van der Waals surface area contributed by atoms with Crippen LogP contribution < -0.4 is 5.46 Å². The maximum absolute atomic E-state index is 6.02. The number of hydrogen-bond acceptors (Lipinski definition) is 0. The highest BCUT2D eigenvalue weighted by Crippen LogP contribution is 2.23. The van der Waals surface area contributed by atoms with Gasteiger partial charge in [-0.25, -0.2) is 0 Å². The quantitative estimate of drug-likeness (QED) is 0.376. The Hall–Kier alpha value is -1.76. The minimum absolute atomic E-state index is 0.851. The Kier molecular flexibility index (Phi) is 1.78. The van der Waals surface area contributed by atoms with E-state index < -0.39 is 0 Å². The topological polar surface area (TPSA) is 0 Å². The van der Waals surface area contributed by atoms with E-state index >= 15 is 0 Å². The van der Waals surface area contributed by atoms with Gasteiger partial charge >= 0.3 is 0 Å². The third-order valence-corrected chi connectivity index (χ3v) is 2.80.